The molecule has 2 heterocycles. The van der Waals surface area contributed by atoms with Crippen molar-refractivity contribution in [3.63, 3.8) is 0 Å². The van der Waals surface area contributed by atoms with Crippen LogP contribution in [-0.2, 0) is 16.0 Å². The van der Waals surface area contributed by atoms with Gasteiger partial charge in [-0.3, -0.25) is 9.58 Å². The summed E-state index contributed by atoms with van der Waals surface area (Å²) < 4.78 is 14.2. The van der Waals surface area contributed by atoms with Gasteiger partial charge in [0.1, 0.15) is 3.70 Å². The number of nitrogens with zero attached hydrogens (tertiary/aromatic N) is 3. The zero-order chi connectivity index (χ0) is 12.8. The van der Waals surface area contributed by atoms with Crippen molar-refractivity contribution in [1.82, 2.24) is 14.7 Å². The SMILES string of the molecule is CCOC(CN1CCOCC1)Cn1ccc(I)n1. The van der Waals surface area contributed by atoms with Crippen LogP contribution in [0, 0.1) is 3.70 Å². The molecule has 0 amide bonds. The predicted octanol–water partition coefficient (Wildman–Crippen LogP) is 1.22. The highest BCUT2D eigenvalue weighted by molar-refractivity contribution is 14.1. The first kappa shape index (κ1) is 14.2. The Kier molecular flexibility index (Phi) is 5.87. The Bertz CT molecular complexity index is 353. The van der Waals surface area contributed by atoms with Crippen molar-refractivity contribution < 1.29 is 9.47 Å². The maximum absolute atomic E-state index is 5.81. The van der Waals surface area contributed by atoms with Crippen LogP contribution in [0.25, 0.3) is 0 Å². The number of hydrogen-bond donors (Lipinski definition) is 0. The summed E-state index contributed by atoms with van der Waals surface area (Å²) in [6, 6.07) is 2.01. The highest BCUT2D eigenvalue weighted by atomic mass is 127. The third-order valence-corrected chi connectivity index (χ3v) is 3.54. The van der Waals surface area contributed by atoms with Crippen molar-refractivity contribution in [3.8, 4) is 0 Å². The van der Waals surface area contributed by atoms with Crippen LogP contribution in [0.4, 0.5) is 0 Å². The lowest BCUT2D eigenvalue weighted by atomic mass is 10.3. The summed E-state index contributed by atoms with van der Waals surface area (Å²) in [5.41, 5.74) is 0. The summed E-state index contributed by atoms with van der Waals surface area (Å²) in [7, 11) is 0. The molecule has 1 aromatic rings. The van der Waals surface area contributed by atoms with E-state index in [-0.39, 0.29) is 6.10 Å². The van der Waals surface area contributed by atoms with Gasteiger partial charge in [-0.05, 0) is 35.6 Å². The van der Waals surface area contributed by atoms with Gasteiger partial charge in [-0.25, -0.2) is 0 Å². The van der Waals surface area contributed by atoms with Gasteiger partial charge in [0.25, 0.3) is 0 Å². The van der Waals surface area contributed by atoms with Crippen LogP contribution in [0.3, 0.4) is 0 Å². The largest absolute Gasteiger partial charge is 0.379 e. The molecule has 5 nitrogen and oxygen atoms in total. The minimum absolute atomic E-state index is 0.198. The van der Waals surface area contributed by atoms with Crippen molar-refractivity contribution in [2.75, 3.05) is 39.5 Å². The van der Waals surface area contributed by atoms with E-state index in [2.05, 4.69) is 32.6 Å². The highest BCUT2D eigenvalue weighted by Crippen LogP contribution is 2.06. The lowest BCUT2D eigenvalue weighted by Gasteiger charge is -2.30. The van der Waals surface area contributed by atoms with Crippen molar-refractivity contribution in [2.45, 2.75) is 19.6 Å². The van der Waals surface area contributed by atoms with Crippen LogP contribution in [0.2, 0.25) is 0 Å². The van der Waals surface area contributed by atoms with Gasteiger partial charge >= 0.3 is 0 Å². The van der Waals surface area contributed by atoms with E-state index in [4.69, 9.17) is 9.47 Å². The van der Waals surface area contributed by atoms with Crippen LogP contribution in [0.1, 0.15) is 6.92 Å². The normalized spacial score (nSPS) is 19.0. The summed E-state index contributed by atoms with van der Waals surface area (Å²) in [6.07, 6.45) is 2.21. The third-order valence-electron chi connectivity index (χ3n) is 2.97. The Morgan fingerprint density at radius 2 is 2.22 bits per heavy atom. The lowest BCUT2D eigenvalue weighted by Crippen LogP contribution is -2.43. The van der Waals surface area contributed by atoms with E-state index in [9.17, 15) is 0 Å². The van der Waals surface area contributed by atoms with E-state index in [0.29, 0.717) is 0 Å². The summed E-state index contributed by atoms with van der Waals surface area (Å²) in [5.74, 6) is 0. The molecule has 1 aromatic heterocycles. The monoisotopic (exact) mass is 365 g/mol. The molecular weight excluding hydrogens is 345 g/mol. The maximum atomic E-state index is 5.81. The third kappa shape index (κ3) is 4.49. The van der Waals surface area contributed by atoms with E-state index in [0.717, 1.165) is 49.7 Å². The molecule has 1 aliphatic rings. The molecule has 1 aliphatic heterocycles. The fraction of sp³-hybridized carbons (Fsp3) is 0.750. The van der Waals surface area contributed by atoms with Crippen molar-refractivity contribution in [1.29, 1.82) is 0 Å². The second-order valence-electron chi connectivity index (χ2n) is 4.35. The lowest BCUT2D eigenvalue weighted by molar-refractivity contribution is -0.0153. The second kappa shape index (κ2) is 7.42. The molecule has 1 saturated heterocycles. The molecule has 0 N–H and O–H groups in total. The zero-order valence-corrected chi connectivity index (χ0v) is 12.9. The van der Waals surface area contributed by atoms with E-state index < -0.39 is 0 Å². The Morgan fingerprint density at radius 1 is 1.44 bits per heavy atom. The van der Waals surface area contributed by atoms with Gasteiger partial charge in [-0.2, -0.15) is 5.10 Å². The van der Waals surface area contributed by atoms with E-state index in [1.54, 1.807) is 0 Å². The number of ether oxygens (including phenoxy) is 2. The molecule has 6 heteroatoms. The number of morpholine rings is 1. The van der Waals surface area contributed by atoms with E-state index >= 15 is 0 Å². The van der Waals surface area contributed by atoms with Crippen LogP contribution in [-0.4, -0.2) is 60.2 Å². The van der Waals surface area contributed by atoms with Gasteiger partial charge in [0.05, 0.1) is 25.9 Å². The van der Waals surface area contributed by atoms with Crippen LogP contribution in [0.5, 0.6) is 0 Å². The summed E-state index contributed by atoms with van der Waals surface area (Å²) in [6.45, 7) is 8.21. The second-order valence-corrected chi connectivity index (χ2v) is 5.46. The Hall–Kier alpha value is -0.180. The molecule has 0 aliphatic carbocycles. The highest BCUT2D eigenvalue weighted by Gasteiger charge is 2.17. The topological polar surface area (TPSA) is 39.5 Å². The molecule has 1 unspecified atom stereocenters. The molecule has 0 aromatic carbocycles. The van der Waals surface area contributed by atoms with Gasteiger partial charge < -0.3 is 9.47 Å². The molecular formula is C12H20IN3O2. The van der Waals surface area contributed by atoms with Crippen molar-refractivity contribution in [3.05, 3.63) is 16.0 Å². The van der Waals surface area contributed by atoms with Gasteiger partial charge in [-0.15, -0.1) is 0 Å². The number of hydrogen-bond acceptors (Lipinski definition) is 4. The average molecular weight is 365 g/mol. The summed E-state index contributed by atoms with van der Waals surface area (Å²) >= 11 is 2.22. The first-order chi connectivity index (χ1) is 8.78. The molecule has 18 heavy (non-hydrogen) atoms. The standard InChI is InChI=1S/C12H20IN3O2/c1-2-18-11(9-15-5-7-17-8-6-15)10-16-4-3-12(13)14-16/h3-4,11H,2,5-10H2,1H3. The fourth-order valence-electron chi connectivity index (χ4n) is 2.12. The number of rotatable bonds is 6. The van der Waals surface area contributed by atoms with Crippen LogP contribution in [0.15, 0.2) is 12.3 Å². The molecule has 1 atom stereocenters. The van der Waals surface area contributed by atoms with Gasteiger partial charge in [0.2, 0.25) is 0 Å². The zero-order valence-electron chi connectivity index (χ0n) is 10.7. The molecule has 0 radical (unpaired) electrons. The Balaban J connectivity index is 1.86. The van der Waals surface area contributed by atoms with Gasteiger partial charge in [0, 0.05) is 32.4 Å². The van der Waals surface area contributed by atoms with Crippen molar-refractivity contribution >= 4 is 22.6 Å². The Morgan fingerprint density at radius 3 is 2.83 bits per heavy atom. The predicted molar refractivity (Wildman–Crippen MR) is 77.6 cm³/mol. The quantitative estimate of drug-likeness (QED) is 0.711. The minimum atomic E-state index is 0.198. The smallest absolute Gasteiger partial charge is 0.123 e. The first-order valence-electron chi connectivity index (χ1n) is 6.38. The Labute approximate surface area is 122 Å². The summed E-state index contributed by atoms with van der Waals surface area (Å²) in [5, 5.41) is 4.41. The fourth-order valence-corrected chi connectivity index (χ4v) is 2.56. The van der Waals surface area contributed by atoms with E-state index in [1.165, 1.54) is 0 Å². The first-order valence-corrected chi connectivity index (χ1v) is 7.46. The molecule has 102 valence electrons. The van der Waals surface area contributed by atoms with E-state index in [1.807, 2.05) is 23.9 Å². The molecule has 1 fully saturated rings. The number of aromatic nitrogens is 2. The van der Waals surface area contributed by atoms with Crippen LogP contribution >= 0.6 is 22.6 Å². The molecule has 0 bridgehead atoms. The average Bonchev–Trinajstić information content (AvgIpc) is 2.76. The summed E-state index contributed by atoms with van der Waals surface area (Å²) in [4.78, 5) is 2.40. The molecule has 0 saturated carbocycles. The van der Waals surface area contributed by atoms with Crippen molar-refractivity contribution in [2.24, 2.45) is 0 Å². The molecule has 0 spiro atoms. The maximum Gasteiger partial charge on any atom is 0.123 e. The molecule has 2 rings (SSSR count). The van der Waals surface area contributed by atoms with Crippen LogP contribution < -0.4 is 0 Å². The van der Waals surface area contributed by atoms with Gasteiger partial charge in [0.15, 0.2) is 0 Å². The van der Waals surface area contributed by atoms with Gasteiger partial charge in [-0.1, -0.05) is 0 Å². The number of halogens is 1. The minimum Gasteiger partial charge on any atom is -0.379 e.